The first kappa shape index (κ1) is 15.8. The highest BCUT2D eigenvalue weighted by molar-refractivity contribution is 5.96. The molecule has 0 saturated carbocycles. The molecule has 6 heteroatoms. The summed E-state index contributed by atoms with van der Waals surface area (Å²) in [5, 5.41) is 2.73. The fourth-order valence-corrected chi connectivity index (χ4v) is 1.85. The largest absolute Gasteiger partial charge is 0.397 e. The molecule has 0 aliphatic rings. The van der Waals surface area contributed by atoms with Crippen LogP contribution in [0.3, 0.4) is 0 Å². The third kappa shape index (κ3) is 3.88. The van der Waals surface area contributed by atoms with E-state index in [9.17, 15) is 9.59 Å². The molecule has 3 N–H and O–H groups in total. The van der Waals surface area contributed by atoms with Gasteiger partial charge >= 0.3 is 0 Å². The second kappa shape index (κ2) is 6.79. The van der Waals surface area contributed by atoms with Crippen molar-refractivity contribution in [1.82, 2.24) is 10.2 Å². The van der Waals surface area contributed by atoms with Gasteiger partial charge in [0.05, 0.1) is 17.9 Å². The first-order chi connectivity index (χ1) is 9.36. The summed E-state index contributed by atoms with van der Waals surface area (Å²) >= 11 is 0. The number of likely N-dealkylation sites (N-methyl/N-ethyl adjacent to an activating group) is 2. The van der Waals surface area contributed by atoms with Gasteiger partial charge in [0.1, 0.15) is 0 Å². The van der Waals surface area contributed by atoms with Crippen LogP contribution in [-0.2, 0) is 4.79 Å². The van der Waals surface area contributed by atoms with Crippen LogP contribution in [0.25, 0.3) is 0 Å². The fourth-order valence-electron chi connectivity index (χ4n) is 1.85. The molecule has 0 aliphatic heterocycles. The Kier molecular flexibility index (Phi) is 5.37. The molecule has 1 rings (SSSR count). The van der Waals surface area contributed by atoms with E-state index in [-0.39, 0.29) is 18.4 Å². The third-order valence-corrected chi connectivity index (χ3v) is 2.85. The Hall–Kier alpha value is -2.24. The minimum atomic E-state index is -0.102. The number of anilines is 2. The summed E-state index contributed by atoms with van der Waals surface area (Å²) < 4.78 is 0. The number of hydrogen-bond acceptors (Lipinski definition) is 4. The van der Waals surface area contributed by atoms with E-state index in [0.717, 1.165) is 5.69 Å². The van der Waals surface area contributed by atoms with Crippen LogP contribution in [-0.4, -0.2) is 50.9 Å². The lowest BCUT2D eigenvalue weighted by atomic mass is 10.1. The molecule has 0 heterocycles. The highest BCUT2D eigenvalue weighted by Crippen LogP contribution is 2.23. The van der Waals surface area contributed by atoms with Crippen LogP contribution in [0.2, 0.25) is 0 Å². The first-order valence-corrected chi connectivity index (χ1v) is 6.45. The first-order valence-electron chi connectivity index (χ1n) is 6.45. The van der Waals surface area contributed by atoms with E-state index in [1.54, 1.807) is 44.2 Å². The van der Waals surface area contributed by atoms with Crippen LogP contribution in [0.15, 0.2) is 18.2 Å². The average molecular weight is 278 g/mol. The molecule has 6 nitrogen and oxygen atoms in total. The smallest absolute Gasteiger partial charge is 0.253 e. The summed E-state index contributed by atoms with van der Waals surface area (Å²) in [5.41, 5.74) is 7.70. The predicted octanol–water partition coefficient (Wildman–Crippen LogP) is 0.543. The van der Waals surface area contributed by atoms with E-state index in [1.165, 1.54) is 4.90 Å². The lowest BCUT2D eigenvalue weighted by Crippen LogP contribution is -2.35. The number of nitrogens with one attached hydrogen (secondary N) is 1. The van der Waals surface area contributed by atoms with Crippen LogP contribution in [0.5, 0.6) is 0 Å². The minimum Gasteiger partial charge on any atom is -0.397 e. The van der Waals surface area contributed by atoms with Crippen molar-refractivity contribution in [2.24, 2.45) is 0 Å². The molecule has 0 aliphatic carbocycles. The molecule has 0 unspecified atom stereocenters. The van der Waals surface area contributed by atoms with Crippen molar-refractivity contribution < 1.29 is 9.59 Å². The quantitative estimate of drug-likeness (QED) is 0.771. The number of nitrogens with zero attached hydrogens (tertiary/aromatic N) is 2. The van der Waals surface area contributed by atoms with Crippen LogP contribution < -0.4 is 16.0 Å². The number of amides is 2. The Morgan fingerprint density at radius 1 is 1.25 bits per heavy atom. The number of carbonyl (C=O) groups is 2. The van der Waals surface area contributed by atoms with Crippen LogP contribution in [0, 0.1) is 0 Å². The number of hydrogen-bond donors (Lipinski definition) is 2. The van der Waals surface area contributed by atoms with Gasteiger partial charge < -0.3 is 20.9 Å². The summed E-state index contributed by atoms with van der Waals surface area (Å²) in [7, 11) is 5.16. The number of carbonyl (C=O) groups excluding carboxylic acids is 2. The zero-order valence-corrected chi connectivity index (χ0v) is 12.4. The van der Waals surface area contributed by atoms with Crippen molar-refractivity contribution in [2.75, 3.05) is 44.9 Å². The van der Waals surface area contributed by atoms with Gasteiger partial charge in [0, 0.05) is 33.3 Å². The maximum atomic E-state index is 11.8. The van der Waals surface area contributed by atoms with Crippen molar-refractivity contribution >= 4 is 23.2 Å². The van der Waals surface area contributed by atoms with Gasteiger partial charge in [0.15, 0.2) is 0 Å². The van der Waals surface area contributed by atoms with E-state index in [2.05, 4.69) is 5.32 Å². The zero-order valence-electron chi connectivity index (χ0n) is 12.4. The Bertz CT molecular complexity index is 500. The number of nitrogens with two attached hydrogens (primary N) is 1. The summed E-state index contributed by atoms with van der Waals surface area (Å²) in [6.07, 6.45) is 0. The minimum absolute atomic E-state index is 0.0668. The molecule has 1 aromatic rings. The van der Waals surface area contributed by atoms with Gasteiger partial charge in [-0.2, -0.15) is 0 Å². The second-order valence-electron chi connectivity index (χ2n) is 4.78. The molecule has 0 fully saturated rings. The summed E-state index contributed by atoms with van der Waals surface area (Å²) in [6.45, 7) is 2.69. The molecule has 0 radical (unpaired) electrons. The van der Waals surface area contributed by atoms with Gasteiger partial charge in [0.2, 0.25) is 5.91 Å². The molecule has 0 spiro atoms. The lowest BCUT2D eigenvalue weighted by Gasteiger charge is -2.21. The maximum Gasteiger partial charge on any atom is 0.253 e. The van der Waals surface area contributed by atoms with Crippen molar-refractivity contribution in [3.63, 3.8) is 0 Å². The highest BCUT2D eigenvalue weighted by atomic mass is 16.2. The van der Waals surface area contributed by atoms with Crippen LogP contribution in [0.4, 0.5) is 11.4 Å². The molecular weight excluding hydrogens is 256 g/mol. The standard InChI is InChI=1S/C14H22N4O2/c1-5-16-13(19)9-18(4)12-7-6-10(8-11(12)15)14(20)17(2)3/h6-8H,5,9,15H2,1-4H3,(H,16,19). The predicted molar refractivity (Wildman–Crippen MR) is 80.8 cm³/mol. The van der Waals surface area contributed by atoms with E-state index >= 15 is 0 Å². The van der Waals surface area contributed by atoms with Gasteiger partial charge in [-0.15, -0.1) is 0 Å². The number of nitrogen functional groups attached to an aromatic ring is 1. The molecule has 110 valence electrons. The normalized spacial score (nSPS) is 10.0. The van der Waals surface area contributed by atoms with Crippen molar-refractivity contribution in [2.45, 2.75) is 6.92 Å². The Balaban J connectivity index is 2.87. The van der Waals surface area contributed by atoms with Gasteiger partial charge in [-0.1, -0.05) is 0 Å². The Labute approximate surface area is 119 Å². The zero-order chi connectivity index (χ0) is 15.3. The average Bonchev–Trinajstić information content (AvgIpc) is 2.37. The maximum absolute atomic E-state index is 11.8. The topological polar surface area (TPSA) is 78.7 Å². The number of benzene rings is 1. The Morgan fingerprint density at radius 2 is 1.90 bits per heavy atom. The van der Waals surface area contributed by atoms with Crippen molar-refractivity contribution in [1.29, 1.82) is 0 Å². The second-order valence-corrected chi connectivity index (χ2v) is 4.78. The molecule has 0 saturated heterocycles. The molecule has 0 bridgehead atoms. The summed E-state index contributed by atoms with van der Waals surface area (Å²) in [4.78, 5) is 26.6. The molecular formula is C14H22N4O2. The molecule has 20 heavy (non-hydrogen) atoms. The highest BCUT2D eigenvalue weighted by Gasteiger charge is 2.13. The SMILES string of the molecule is CCNC(=O)CN(C)c1ccc(C(=O)N(C)C)cc1N. The van der Waals surface area contributed by atoms with Crippen LogP contribution in [0.1, 0.15) is 17.3 Å². The Morgan fingerprint density at radius 3 is 2.40 bits per heavy atom. The van der Waals surface area contributed by atoms with E-state index in [0.29, 0.717) is 17.8 Å². The van der Waals surface area contributed by atoms with E-state index in [4.69, 9.17) is 5.73 Å². The van der Waals surface area contributed by atoms with Gasteiger partial charge in [-0.25, -0.2) is 0 Å². The summed E-state index contributed by atoms with van der Waals surface area (Å²) in [5.74, 6) is -0.169. The van der Waals surface area contributed by atoms with E-state index < -0.39 is 0 Å². The summed E-state index contributed by atoms with van der Waals surface area (Å²) in [6, 6.07) is 5.10. The molecule has 0 atom stereocenters. The van der Waals surface area contributed by atoms with Gasteiger partial charge in [0.25, 0.3) is 5.91 Å². The van der Waals surface area contributed by atoms with Crippen molar-refractivity contribution in [3.05, 3.63) is 23.8 Å². The molecule has 0 aromatic heterocycles. The molecule has 2 amide bonds. The van der Waals surface area contributed by atoms with Crippen molar-refractivity contribution in [3.8, 4) is 0 Å². The monoisotopic (exact) mass is 278 g/mol. The van der Waals surface area contributed by atoms with Gasteiger partial charge in [-0.05, 0) is 25.1 Å². The fraction of sp³-hybridized carbons (Fsp3) is 0.429. The third-order valence-electron chi connectivity index (χ3n) is 2.85. The van der Waals surface area contributed by atoms with Gasteiger partial charge in [-0.3, -0.25) is 9.59 Å². The van der Waals surface area contributed by atoms with E-state index in [1.807, 2.05) is 6.92 Å². The molecule has 1 aromatic carbocycles. The lowest BCUT2D eigenvalue weighted by molar-refractivity contribution is -0.119. The van der Waals surface area contributed by atoms with Crippen LogP contribution >= 0.6 is 0 Å². The number of rotatable bonds is 5.